The number of aryl methyl sites for hydroxylation is 2. The van der Waals surface area contributed by atoms with Gasteiger partial charge in [0.1, 0.15) is 6.33 Å². The van der Waals surface area contributed by atoms with Gasteiger partial charge in [-0.05, 0) is 41.7 Å². The number of aromatic nitrogens is 4. The van der Waals surface area contributed by atoms with Gasteiger partial charge in [0.05, 0.1) is 5.71 Å². The van der Waals surface area contributed by atoms with Crippen molar-refractivity contribution < 1.29 is 0 Å². The van der Waals surface area contributed by atoms with E-state index < -0.39 is 0 Å². The molecule has 0 bridgehead atoms. The van der Waals surface area contributed by atoms with E-state index in [1.807, 2.05) is 31.2 Å². The second-order valence-electron chi connectivity index (χ2n) is 7.41. The number of fused-ring (bicyclic) bond motifs is 3. The highest BCUT2D eigenvalue weighted by atomic mass is 15.4. The fourth-order valence-electron chi connectivity index (χ4n) is 4.37. The first kappa shape index (κ1) is 16.2. The first-order chi connectivity index (χ1) is 14.3. The lowest BCUT2D eigenvalue weighted by molar-refractivity contribution is 0.934. The van der Waals surface area contributed by atoms with Crippen LogP contribution in [0.4, 0.5) is 5.82 Å². The van der Waals surface area contributed by atoms with E-state index >= 15 is 0 Å². The average Bonchev–Trinajstić information content (AvgIpc) is 3.40. The van der Waals surface area contributed by atoms with Gasteiger partial charge >= 0.3 is 0 Å². The number of hydrogen-bond donors (Lipinski definition) is 1. The SMILES string of the molecule is C/C(=N/Nc1nn2cnnc2c2ccccc12)c1ccc2c3c(cccc13)CC2. The molecule has 1 aliphatic rings. The summed E-state index contributed by atoms with van der Waals surface area (Å²) in [4.78, 5) is 0. The second-order valence-corrected chi connectivity index (χ2v) is 7.41. The fourth-order valence-corrected chi connectivity index (χ4v) is 4.37. The molecule has 6 heteroatoms. The molecule has 6 rings (SSSR count). The Labute approximate surface area is 166 Å². The number of hydrogen-bond acceptors (Lipinski definition) is 5. The first-order valence-electron chi connectivity index (χ1n) is 9.72. The Morgan fingerprint density at radius 3 is 2.62 bits per heavy atom. The number of nitrogens with zero attached hydrogens (tertiary/aromatic N) is 5. The van der Waals surface area contributed by atoms with E-state index in [1.165, 1.54) is 21.9 Å². The topological polar surface area (TPSA) is 67.5 Å². The summed E-state index contributed by atoms with van der Waals surface area (Å²) in [5, 5.41) is 22.1. The number of hydrazone groups is 1. The third kappa shape index (κ3) is 2.42. The zero-order valence-electron chi connectivity index (χ0n) is 15.9. The van der Waals surface area contributed by atoms with E-state index in [9.17, 15) is 0 Å². The maximum absolute atomic E-state index is 4.69. The first-order valence-corrected chi connectivity index (χ1v) is 9.72. The van der Waals surface area contributed by atoms with Gasteiger partial charge in [0.2, 0.25) is 0 Å². The molecule has 29 heavy (non-hydrogen) atoms. The largest absolute Gasteiger partial charge is 0.259 e. The van der Waals surface area contributed by atoms with Crippen LogP contribution >= 0.6 is 0 Å². The smallest absolute Gasteiger partial charge is 0.185 e. The van der Waals surface area contributed by atoms with E-state index in [0.29, 0.717) is 5.82 Å². The predicted molar refractivity (Wildman–Crippen MR) is 115 cm³/mol. The Hall–Kier alpha value is -3.80. The highest BCUT2D eigenvalue weighted by Gasteiger charge is 2.17. The molecule has 140 valence electrons. The minimum absolute atomic E-state index is 0.679. The molecule has 0 aliphatic heterocycles. The summed E-state index contributed by atoms with van der Waals surface area (Å²) in [5.41, 5.74) is 8.86. The second kappa shape index (κ2) is 6.10. The molecule has 0 unspecified atom stereocenters. The van der Waals surface area contributed by atoms with Crippen molar-refractivity contribution in [3.8, 4) is 0 Å². The van der Waals surface area contributed by atoms with Crippen LogP contribution in [-0.4, -0.2) is 25.5 Å². The molecule has 0 atom stereocenters. The molecular formula is C23H18N6. The van der Waals surface area contributed by atoms with E-state index in [0.717, 1.165) is 40.5 Å². The summed E-state index contributed by atoms with van der Waals surface area (Å²) in [7, 11) is 0. The zero-order valence-corrected chi connectivity index (χ0v) is 15.9. The summed E-state index contributed by atoms with van der Waals surface area (Å²) >= 11 is 0. The molecule has 0 fully saturated rings. The summed E-state index contributed by atoms with van der Waals surface area (Å²) in [6.07, 6.45) is 3.85. The molecule has 0 amide bonds. The van der Waals surface area contributed by atoms with Crippen molar-refractivity contribution >= 4 is 38.7 Å². The van der Waals surface area contributed by atoms with Crippen LogP contribution < -0.4 is 5.43 Å². The summed E-state index contributed by atoms with van der Waals surface area (Å²) < 4.78 is 1.68. The Morgan fingerprint density at radius 1 is 0.931 bits per heavy atom. The molecule has 6 nitrogen and oxygen atoms in total. The number of anilines is 1. The van der Waals surface area contributed by atoms with Gasteiger partial charge in [0.15, 0.2) is 11.5 Å². The van der Waals surface area contributed by atoms with Crippen molar-refractivity contribution in [3.63, 3.8) is 0 Å². The average molecular weight is 378 g/mol. The van der Waals surface area contributed by atoms with Gasteiger partial charge < -0.3 is 0 Å². The van der Waals surface area contributed by atoms with E-state index in [1.54, 1.807) is 10.8 Å². The molecule has 0 radical (unpaired) electrons. The Morgan fingerprint density at radius 2 is 1.72 bits per heavy atom. The number of rotatable bonds is 3. The van der Waals surface area contributed by atoms with Gasteiger partial charge in [0.25, 0.3) is 0 Å². The van der Waals surface area contributed by atoms with Crippen LogP contribution in [0.1, 0.15) is 23.6 Å². The van der Waals surface area contributed by atoms with Crippen molar-refractivity contribution in [3.05, 3.63) is 77.6 Å². The Bertz CT molecular complexity index is 1440. The standard InChI is InChI=1S/C23H18N6/c1-14(17-12-11-16-10-9-15-5-4-8-18(17)21(15)16)25-26-22-19-6-2-3-7-20(19)23-27-24-13-29(23)28-22/h2-8,11-13H,9-10H2,1H3,(H,26,28)/b25-14-. The molecular weight excluding hydrogens is 360 g/mol. The van der Waals surface area contributed by atoms with Gasteiger partial charge in [-0.3, -0.25) is 5.43 Å². The molecule has 2 aromatic heterocycles. The van der Waals surface area contributed by atoms with Crippen LogP contribution in [-0.2, 0) is 12.8 Å². The van der Waals surface area contributed by atoms with Gasteiger partial charge in [-0.15, -0.1) is 15.3 Å². The van der Waals surface area contributed by atoms with Crippen LogP contribution in [0.2, 0.25) is 0 Å². The van der Waals surface area contributed by atoms with Gasteiger partial charge in [0, 0.05) is 16.3 Å². The molecule has 0 spiro atoms. The monoisotopic (exact) mass is 378 g/mol. The minimum atomic E-state index is 0.679. The number of benzene rings is 3. The molecule has 0 saturated heterocycles. The maximum Gasteiger partial charge on any atom is 0.185 e. The lowest BCUT2D eigenvalue weighted by Crippen LogP contribution is -2.04. The molecule has 5 aromatic rings. The van der Waals surface area contributed by atoms with Crippen molar-refractivity contribution in [1.29, 1.82) is 0 Å². The highest BCUT2D eigenvalue weighted by Crippen LogP contribution is 2.33. The van der Waals surface area contributed by atoms with Crippen LogP contribution in [0.25, 0.3) is 27.2 Å². The normalized spacial score (nSPS) is 13.6. The Balaban J connectivity index is 1.46. The summed E-state index contributed by atoms with van der Waals surface area (Å²) in [5.74, 6) is 0.679. The van der Waals surface area contributed by atoms with Crippen molar-refractivity contribution in [1.82, 2.24) is 19.8 Å². The van der Waals surface area contributed by atoms with Crippen LogP contribution in [0.5, 0.6) is 0 Å². The highest BCUT2D eigenvalue weighted by molar-refractivity contribution is 6.12. The molecule has 1 N–H and O–H groups in total. The summed E-state index contributed by atoms with van der Waals surface area (Å²) in [6, 6.07) is 19.0. The van der Waals surface area contributed by atoms with Gasteiger partial charge in [-0.1, -0.05) is 54.6 Å². The third-order valence-electron chi connectivity index (χ3n) is 5.76. The van der Waals surface area contributed by atoms with Crippen molar-refractivity contribution in [2.45, 2.75) is 19.8 Å². The molecule has 2 heterocycles. The molecule has 1 aliphatic carbocycles. The third-order valence-corrected chi connectivity index (χ3v) is 5.76. The minimum Gasteiger partial charge on any atom is -0.259 e. The fraction of sp³-hybridized carbons (Fsp3) is 0.130. The maximum atomic E-state index is 4.69. The lowest BCUT2D eigenvalue weighted by atomic mass is 9.98. The van der Waals surface area contributed by atoms with Gasteiger partial charge in [-0.25, -0.2) is 0 Å². The molecule has 3 aromatic carbocycles. The molecule has 0 saturated carbocycles. The van der Waals surface area contributed by atoms with Gasteiger partial charge in [-0.2, -0.15) is 9.62 Å². The van der Waals surface area contributed by atoms with E-state index in [4.69, 9.17) is 0 Å². The number of nitrogens with one attached hydrogen (secondary N) is 1. The lowest BCUT2D eigenvalue weighted by Gasteiger charge is -2.10. The van der Waals surface area contributed by atoms with Crippen LogP contribution in [0.3, 0.4) is 0 Å². The van der Waals surface area contributed by atoms with E-state index in [-0.39, 0.29) is 0 Å². The summed E-state index contributed by atoms with van der Waals surface area (Å²) in [6.45, 7) is 2.03. The van der Waals surface area contributed by atoms with E-state index in [2.05, 4.69) is 56.2 Å². The Kier molecular flexibility index (Phi) is 3.41. The predicted octanol–water partition coefficient (Wildman–Crippen LogP) is 4.37. The van der Waals surface area contributed by atoms with Crippen molar-refractivity contribution in [2.24, 2.45) is 5.10 Å². The van der Waals surface area contributed by atoms with Crippen LogP contribution in [0.15, 0.2) is 66.0 Å². The quantitative estimate of drug-likeness (QED) is 0.374. The van der Waals surface area contributed by atoms with Crippen molar-refractivity contribution in [2.75, 3.05) is 5.43 Å². The zero-order chi connectivity index (χ0) is 19.4. The van der Waals surface area contributed by atoms with Crippen LogP contribution in [0, 0.1) is 0 Å².